The zero-order valence-corrected chi connectivity index (χ0v) is 20.6. The number of nitrogens with one attached hydrogen (secondary N) is 1. The van der Waals surface area contributed by atoms with Crippen molar-refractivity contribution in [3.8, 4) is 11.5 Å². The second-order valence-electron chi connectivity index (χ2n) is 9.61. The van der Waals surface area contributed by atoms with Crippen molar-refractivity contribution >= 4 is 17.7 Å². The summed E-state index contributed by atoms with van der Waals surface area (Å²) < 4.78 is 12.0. The second-order valence-corrected chi connectivity index (χ2v) is 9.61. The third-order valence-corrected chi connectivity index (χ3v) is 7.16. The maximum absolute atomic E-state index is 12.6. The monoisotopic (exact) mass is 468 g/mol. The van der Waals surface area contributed by atoms with E-state index in [0.29, 0.717) is 37.7 Å². The lowest BCUT2D eigenvalue weighted by atomic mass is 9.74. The number of ether oxygens (including phenoxy) is 2. The number of nitrogens with zero attached hydrogens (tertiary/aromatic N) is 1. The molecule has 1 atom stereocenters. The molecule has 180 valence electrons. The van der Waals surface area contributed by atoms with Gasteiger partial charge in [0.15, 0.2) is 11.5 Å². The maximum Gasteiger partial charge on any atom is 0.223 e. The molecule has 1 amide bonds. The third-order valence-electron chi connectivity index (χ3n) is 7.16. The molecule has 2 aliphatic rings. The fourth-order valence-corrected chi connectivity index (χ4v) is 5.29. The van der Waals surface area contributed by atoms with Gasteiger partial charge in [-0.3, -0.25) is 4.79 Å². The predicted molar refractivity (Wildman–Crippen MR) is 140 cm³/mol. The quantitative estimate of drug-likeness (QED) is 0.484. The Morgan fingerprint density at radius 2 is 1.74 bits per heavy atom. The molecule has 5 rings (SSSR count). The van der Waals surface area contributed by atoms with Gasteiger partial charge in [0.25, 0.3) is 0 Å². The van der Waals surface area contributed by atoms with E-state index in [1.54, 1.807) is 0 Å². The van der Waals surface area contributed by atoms with Crippen LogP contribution in [0.3, 0.4) is 0 Å². The molecule has 5 nitrogen and oxygen atoms in total. The van der Waals surface area contributed by atoms with Crippen LogP contribution >= 0.6 is 0 Å². The van der Waals surface area contributed by atoms with E-state index in [0.717, 1.165) is 11.1 Å². The van der Waals surface area contributed by atoms with Gasteiger partial charge < -0.3 is 19.7 Å². The fourth-order valence-electron chi connectivity index (χ4n) is 5.29. The van der Waals surface area contributed by atoms with Gasteiger partial charge in [-0.15, -0.1) is 0 Å². The predicted octanol–water partition coefficient (Wildman–Crippen LogP) is 5.69. The summed E-state index contributed by atoms with van der Waals surface area (Å²) in [7, 11) is 0. The first-order valence-corrected chi connectivity index (χ1v) is 12.3. The molecular weight excluding hydrogens is 436 g/mol. The van der Waals surface area contributed by atoms with E-state index in [-0.39, 0.29) is 11.3 Å². The number of fused-ring (bicyclic) bond motifs is 3. The van der Waals surface area contributed by atoms with Crippen LogP contribution < -0.4 is 19.7 Å². The molecule has 3 aromatic rings. The van der Waals surface area contributed by atoms with Crippen molar-refractivity contribution < 1.29 is 14.3 Å². The molecule has 1 unspecified atom stereocenters. The highest BCUT2D eigenvalue weighted by Crippen LogP contribution is 2.52. The highest BCUT2D eigenvalue weighted by Gasteiger charge is 2.57. The molecule has 0 aromatic heterocycles. The summed E-state index contributed by atoms with van der Waals surface area (Å²) in [5, 5.41) is 3.33. The van der Waals surface area contributed by atoms with E-state index in [2.05, 4.69) is 60.5 Å². The molecule has 0 bridgehead atoms. The minimum absolute atomic E-state index is 0.0754. The average Bonchev–Trinajstić information content (AvgIpc) is 3.06. The Labute approximate surface area is 207 Å². The second kappa shape index (κ2) is 9.14. The van der Waals surface area contributed by atoms with E-state index < -0.39 is 5.66 Å². The van der Waals surface area contributed by atoms with Crippen LogP contribution in [0.4, 0.5) is 5.69 Å². The van der Waals surface area contributed by atoms with Crippen LogP contribution in [-0.4, -0.2) is 24.7 Å². The summed E-state index contributed by atoms with van der Waals surface area (Å²) in [6, 6.07) is 24.5. The molecule has 1 N–H and O–H groups in total. The van der Waals surface area contributed by atoms with E-state index >= 15 is 0 Å². The zero-order valence-electron chi connectivity index (χ0n) is 20.6. The Hall–Kier alpha value is -3.73. The van der Waals surface area contributed by atoms with Crippen LogP contribution in [0.5, 0.6) is 11.5 Å². The van der Waals surface area contributed by atoms with Gasteiger partial charge in [0.1, 0.15) is 12.3 Å². The number of anilines is 1. The molecule has 0 aliphatic carbocycles. The van der Waals surface area contributed by atoms with E-state index in [4.69, 9.17) is 9.47 Å². The van der Waals surface area contributed by atoms with E-state index in [1.807, 2.05) is 55.5 Å². The number of carbonyl (C=O) groups excluding carboxylic acids is 1. The van der Waals surface area contributed by atoms with Crippen molar-refractivity contribution in [3.63, 3.8) is 0 Å². The molecule has 0 saturated carbocycles. The highest BCUT2D eigenvalue weighted by molar-refractivity contribution is 5.84. The number of benzene rings is 3. The number of carbonyl (C=O) groups is 1. The Kier molecular flexibility index (Phi) is 6.01. The van der Waals surface area contributed by atoms with Crippen molar-refractivity contribution in [1.82, 2.24) is 5.32 Å². The Balaban J connectivity index is 1.46. The third kappa shape index (κ3) is 4.05. The summed E-state index contributed by atoms with van der Waals surface area (Å²) in [4.78, 5) is 15.0. The lowest BCUT2D eigenvalue weighted by Gasteiger charge is -2.49. The van der Waals surface area contributed by atoms with Crippen molar-refractivity contribution in [2.75, 3.05) is 18.1 Å². The van der Waals surface area contributed by atoms with Crippen molar-refractivity contribution in [2.45, 2.75) is 44.9 Å². The Morgan fingerprint density at radius 3 is 2.54 bits per heavy atom. The number of para-hydroxylation sites is 1. The summed E-state index contributed by atoms with van der Waals surface area (Å²) in [5.41, 5.74) is 3.57. The number of amides is 1. The molecule has 1 fully saturated rings. The lowest BCUT2D eigenvalue weighted by molar-refractivity contribution is -0.124. The first-order chi connectivity index (χ1) is 16.9. The molecule has 35 heavy (non-hydrogen) atoms. The van der Waals surface area contributed by atoms with Gasteiger partial charge in [-0.05, 0) is 47.9 Å². The molecule has 5 heteroatoms. The Bertz CT molecular complexity index is 1250. The van der Waals surface area contributed by atoms with Crippen LogP contribution in [0, 0.1) is 0 Å². The van der Waals surface area contributed by atoms with Gasteiger partial charge >= 0.3 is 0 Å². The largest absolute Gasteiger partial charge is 0.490 e. The van der Waals surface area contributed by atoms with Gasteiger partial charge in [0.2, 0.25) is 5.91 Å². The maximum atomic E-state index is 12.6. The SMILES string of the molecule is CCOc1cc(/C=C/C23NC(=O)CCN2c2ccccc2C3(C)C)ccc1OCc1ccccc1. The summed E-state index contributed by atoms with van der Waals surface area (Å²) >= 11 is 0. The normalized spacial score (nSPS) is 20.3. The average molecular weight is 469 g/mol. The van der Waals surface area contributed by atoms with Crippen molar-refractivity contribution in [1.29, 1.82) is 0 Å². The first kappa shape index (κ1) is 23.0. The molecular formula is C30H32N2O3. The number of hydrogen-bond acceptors (Lipinski definition) is 4. The number of rotatable bonds is 7. The molecule has 1 saturated heterocycles. The van der Waals surface area contributed by atoms with Gasteiger partial charge in [0.05, 0.1) is 6.61 Å². The minimum atomic E-state index is -0.639. The van der Waals surface area contributed by atoms with Crippen molar-refractivity contribution in [2.24, 2.45) is 0 Å². The van der Waals surface area contributed by atoms with Gasteiger partial charge in [0, 0.05) is 24.1 Å². The van der Waals surface area contributed by atoms with Crippen LogP contribution in [0.25, 0.3) is 6.08 Å². The minimum Gasteiger partial charge on any atom is -0.490 e. The molecule has 2 heterocycles. The van der Waals surface area contributed by atoms with Crippen LogP contribution in [0.2, 0.25) is 0 Å². The van der Waals surface area contributed by atoms with Crippen LogP contribution in [-0.2, 0) is 16.8 Å². The topological polar surface area (TPSA) is 50.8 Å². The van der Waals surface area contributed by atoms with E-state index in [1.165, 1.54) is 11.3 Å². The molecule has 2 aliphatic heterocycles. The molecule has 3 aromatic carbocycles. The van der Waals surface area contributed by atoms with Gasteiger partial charge in [-0.2, -0.15) is 0 Å². The first-order valence-electron chi connectivity index (χ1n) is 12.3. The van der Waals surface area contributed by atoms with Gasteiger partial charge in [-0.25, -0.2) is 0 Å². The van der Waals surface area contributed by atoms with Gasteiger partial charge in [-0.1, -0.05) is 74.5 Å². The van der Waals surface area contributed by atoms with Crippen LogP contribution in [0.1, 0.15) is 43.9 Å². The van der Waals surface area contributed by atoms with Crippen LogP contribution in [0.15, 0.2) is 78.9 Å². The Morgan fingerprint density at radius 1 is 0.971 bits per heavy atom. The number of hydrogen-bond donors (Lipinski definition) is 1. The molecule has 0 radical (unpaired) electrons. The molecule has 0 spiro atoms. The summed E-state index contributed by atoms with van der Waals surface area (Å²) in [6.45, 7) is 8.09. The zero-order chi connectivity index (χ0) is 24.5. The fraction of sp³-hybridized carbons (Fsp3) is 0.300. The standard InChI is InChI=1S/C30H32N2O3/c1-4-34-27-20-22(14-15-26(27)35-21-23-10-6-5-7-11-23)16-18-30-29(2,3)24-12-8-9-13-25(24)32(30)19-17-28(33)31-30/h5-16,18,20H,4,17,19,21H2,1-3H3,(H,31,33)/b18-16+. The van der Waals surface area contributed by atoms with Crippen molar-refractivity contribution in [3.05, 3.63) is 95.6 Å². The van der Waals surface area contributed by atoms with E-state index in [9.17, 15) is 4.79 Å². The summed E-state index contributed by atoms with van der Waals surface area (Å²) in [6.07, 6.45) is 4.71. The lowest BCUT2D eigenvalue weighted by Crippen LogP contribution is -2.68. The smallest absolute Gasteiger partial charge is 0.223 e. The summed E-state index contributed by atoms with van der Waals surface area (Å²) in [5.74, 6) is 1.50. The highest BCUT2D eigenvalue weighted by atomic mass is 16.5.